The summed E-state index contributed by atoms with van der Waals surface area (Å²) in [7, 11) is -3.40. The second-order valence-corrected chi connectivity index (χ2v) is 9.10. The standard InChI is InChI=1S/C19H21BrN2O4S/c1-2-10-27(24,25)22-15-5-3-4-13(11-15)19(23)21-17-8-9-26-18-7-6-14(20)12-16(17)18/h3-7,11-12,17,22H,2,8-10H2,1H3,(H,21,23). The van der Waals surface area contributed by atoms with Gasteiger partial charge in [-0.15, -0.1) is 0 Å². The predicted octanol–water partition coefficient (Wildman–Crippen LogP) is 3.85. The molecular formula is C19H21BrN2O4S. The lowest BCUT2D eigenvalue weighted by Gasteiger charge is -2.27. The van der Waals surface area contributed by atoms with Gasteiger partial charge < -0.3 is 10.1 Å². The molecule has 1 atom stereocenters. The molecule has 0 spiro atoms. The molecule has 2 aromatic rings. The Labute approximate surface area is 167 Å². The minimum atomic E-state index is -3.40. The van der Waals surface area contributed by atoms with Gasteiger partial charge in [-0.2, -0.15) is 0 Å². The summed E-state index contributed by atoms with van der Waals surface area (Å²) in [5.41, 5.74) is 1.70. The number of nitrogens with one attached hydrogen (secondary N) is 2. The number of carbonyl (C=O) groups excluding carboxylic acids is 1. The van der Waals surface area contributed by atoms with Crippen LogP contribution in [0.1, 0.15) is 41.7 Å². The molecule has 1 amide bonds. The zero-order chi connectivity index (χ0) is 19.4. The SMILES string of the molecule is CCCS(=O)(=O)Nc1cccc(C(=O)NC2CCOc3ccc(Br)cc32)c1. The highest BCUT2D eigenvalue weighted by Gasteiger charge is 2.24. The van der Waals surface area contributed by atoms with E-state index in [1.165, 1.54) is 0 Å². The molecular weight excluding hydrogens is 432 g/mol. The third-order valence-corrected chi connectivity index (χ3v) is 6.17. The molecule has 0 saturated heterocycles. The van der Waals surface area contributed by atoms with Gasteiger partial charge in [-0.1, -0.05) is 28.9 Å². The van der Waals surface area contributed by atoms with Crippen molar-refractivity contribution >= 4 is 37.5 Å². The first kappa shape index (κ1) is 19.7. The molecule has 1 aliphatic heterocycles. The van der Waals surface area contributed by atoms with E-state index in [9.17, 15) is 13.2 Å². The molecule has 0 saturated carbocycles. The van der Waals surface area contributed by atoms with Crippen molar-refractivity contribution in [3.8, 4) is 5.75 Å². The lowest BCUT2D eigenvalue weighted by atomic mass is 10.00. The number of hydrogen-bond donors (Lipinski definition) is 2. The molecule has 3 rings (SSSR count). The van der Waals surface area contributed by atoms with Crippen LogP contribution in [-0.2, 0) is 10.0 Å². The minimum Gasteiger partial charge on any atom is -0.493 e. The van der Waals surface area contributed by atoms with Crippen molar-refractivity contribution < 1.29 is 17.9 Å². The van der Waals surface area contributed by atoms with Gasteiger partial charge in [-0.3, -0.25) is 9.52 Å². The molecule has 0 aromatic heterocycles. The van der Waals surface area contributed by atoms with Gasteiger partial charge in [-0.05, 0) is 42.8 Å². The molecule has 27 heavy (non-hydrogen) atoms. The van der Waals surface area contributed by atoms with E-state index >= 15 is 0 Å². The largest absolute Gasteiger partial charge is 0.493 e. The number of rotatable bonds is 6. The zero-order valence-corrected chi connectivity index (χ0v) is 17.3. The number of anilines is 1. The van der Waals surface area contributed by atoms with Crippen molar-refractivity contribution in [2.24, 2.45) is 0 Å². The number of amides is 1. The molecule has 144 valence electrons. The molecule has 1 aliphatic rings. The Morgan fingerprint density at radius 2 is 2.07 bits per heavy atom. The molecule has 6 nitrogen and oxygen atoms in total. The maximum Gasteiger partial charge on any atom is 0.251 e. The number of fused-ring (bicyclic) bond motifs is 1. The maximum atomic E-state index is 12.7. The summed E-state index contributed by atoms with van der Waals surface area (Å²) in [5.74, 6) is 0.539. The van der Waals surface area contributed by atoms with Crippen LogP contribution < -0.4 is 14.8 Å². The van der Waals surface area contributed by atoms with Crippen molar-refractivity contribution in [2.45, 2.75) is 25.8 Å². The van der Waals surface area contributed by atoms with Gasteiger partial charge in [0, 0.05) is 27.7 Å². The van der Waals surface area contributed by atoms with E-state index in [0.29, 0.717) is 30.7 Å². The highest BCUT2D eigenvalue weighted by atomic mass is 79.9. The van der Waals surface area contributed by atoms with Gasteiger partial charge in [-0.25, -0.2) is 8.42 Å². The van der Waals surface area contributed by atoms with Crippen molar-refractivity contribution in [3.63, 3.8) is 0 Å². The third-order valence-electron chi connectivity index (χ3n) is 4.19. The van der Waals surface area contributed by atoms with Gasteiger partial charge in [0.05, 0.1) is 18.4 Å². The van der Waals surface area contributed by atoms with Crippen molar-refractivity contribution in [1.82, 2.24) is 5.32 Å². The van der Waals surface area contributed by atoms with Crippen LogP contribution in [0.4, 0.5) is 5.69 Å². The number of carbonyl (C=O) groups is 1. The van der Waals surface area contributed by atoms with Gasteiger partial charge >= 0.3 is 0 Å². The van der Waals surface area contributed by atoms with E-state index in [1.54, 1.807) is 31.2 Å². The Hall–Kier alpha value is -2.06. The highest BCUT2D eigenvalue weighted by molar-refractivity contribution is 9.10. The first-order chi connectivity index (χ1) is 12.9. The monoisotopic (exact) mass is 452 g/mol. The predicted molar refractivity (Wildman–Crippen MR) is 109 cm³/mol. The van der Waals surface area contributed by atoms with Crippen LogP contribution >= 0.6 is 15.9 Å². The van der Waals surface area contributed by atoms with Crippen molar-refractivity contribution in [1.29, 1.82) is 0 Å². The molecule has 2 N–H and O–H groups in total. The first-order valence-corrected chi connectivity index (χ1v) is 11.2. The van der Waals surface area contributed by atoms with Crippen LogP contribution in [0.5, 0.6) is 5.75 Å². The average molecular weight is 453 g/mol. The van der Waals surface area contributed by atoms with Crippen LogP contribution in [0, 0.1) is 0 Å². The zero-order valence-electron chi connectivity index (χ0n) is 14.9. The summed E-state index contributed by atoms with van der Waals surface area (Å²) in [6.45, 7) is 2.32. The van der Waals surface area contributed by atoms with E-state index in [0.717, 1.165) is 15.8 Å². The fourth-order valence-electron chi connectivity index (χ4n) is 2.98. The minimum absolute atomic E-state index is 0.0388. The van der Waals surface area contributed by atoms with Gasteiger partial charge in [0.2, 0.25) is 10.0 Å². The molecule has 0 fully saturated rings. The van der Waals surface area contributed by atoms with Crippen LogP contribution in [-0.4, -0.2) is 26.7 Å². The molecule has 2 aromatic carbocycles. The van der Waals surface area contributed by atoms with E-state index in [4.69, 9.17) is 4.74 Å². The Morgan fingerprint density at radius 3 is 2.85 bits per heavy atom. The molecule has 0 bridgehead atoms. The Morgan fingerprint density at radius 1 is 1.26 bits per heavy atom. The van der Waals surface area contributed by atoms with E-state index in [1.807, 2.05) is 18.2 Å². The van der Waals surface area contributed by atoms with Gasteiger partial charge in [0.25, 0.3) is 5.91 Å². The smallest absolute Gasteiger partial charge is 0.251 e. The van der Waals surface area contributed by atoms with Gasteiger partial charge in [0.15, 0.2) is 0 Å². The van der Waals surface area contributed by atoms with E-state index in [2.05, 4.69) is 26.0 Å². The van der Waals surface area contributed by atoms with Crippen LogP contribution in [0.2, 0.25) is 0 Å². The molecule has 1 unspecified atom stereocenters. The van der Waals surface area contributed by atoms with Gasteiger partial charge in [0.1, 0.15) is 5.75 Å². The Balaban J connectivity index is 1.76. The molecule has 1 heterocycles. The summed E-state index contributed by atoms with van der Waals surface area (Å²) < 4.78 is 32.9. The second-order valence-electron chi connectivity index (χ2n) is 6.35. The highest BCUT2D eigenvalue weighted by Crippen LogP contribution is 2.34. The van der Waals surface area contributed by atoms with Crippen LogP contribution in [0.15, 0.2) is 46.9 Å². The lowest BCUT2D eigenvalue weighted by Crippen LogP contribution is -2.32. The maximum absolute atomic E-state index is 12.7. The lowest BCUT2D eigenvalue weighted by molar-refractivity contribution is 0.0925. The summed E-state index contributed by atoms with van der Waals surface area (Å²) in [5, 5.41) is 3.02. The molecule has 8 heteroatoms. The van der Waals surface area contributed by atoms with Crippen molar-refractivity contribution in [2.75, 3.05) is 17.1 Å². The van der Waals surface area contributed by atoms with Crippen molar-refractivity contribution in [3.05, 3.63) is 58.1 Å². The van der Waals surface area contributed by atoms with E-state index < -0.39 is 10.0 Å². The summed E-state index contributed by atoms with van der Waals surface area (Å²) >= 11 is 3.45. The fourth-order valence-corrected chi connectivity index (χ4v) is 4.48. The number of ether oxygens (including phenoxy) is 1. The number of benzene rings is 2. The normalized spacial score (nSPS) is 16.1. The van der Waals surface area contributed by atoms with Crippen LogP contribution in [0.3, 0.4) is 0 Å². The second kappa shape index (κ2) is 8.31. The molecule has 0 aliphatic carbocycles. The first-order valence-electron chi connectivity index (χ1n) is 8.71. The quantitative estimate of drug-likeness (QED) is 0.696. The number of halogens is 1. The third kappa shape index (κ3) is 5.01. The van der Waals surface area contributed by atoms with Crippen LogP contribution in [0.25, 0.3) is 0 Å². The number of hydrogen-bond acceptors (Lipinski definition) is 4. The summed E-state index contributed by atoms with van der Waals surface area (Å²) in [6, 6.07) is 12.0. The average Bonchev–Trinajstić information content (AvgIpc) is 2.62. The summed E-state index contributed by atoms with van der Waals surface area (Å²) in [4.78, 5) is 12.7. The Kier molecular flexibility index (Phi) is 6.06. The number of sulfonamides is 1. The molecule has 0 radical (unpaired) electrons. The topological polar surface area (TPSA) is 84.5 Å². The van der Waals surface area contributed by atoms with E-state index in [-0.39, 0.29) is 17.7 Å². The fraction of sp³-hybridized carbons (Fsp3) is 0.316. The summed E-state index contributed by atoms with van der Waals surface area (Å²) in [6.07, 6.45) is 1.19. The Bertz CT molecular complexity index is 946.